The van der Waals surface area contributed by atoms with Crippen LogP contribution in [-0.2, 0) is 20.7 Å². The quantitative estimate of drug-likeness (QED) is 0.526. The molecule has 1 amide bonds. The molecule has 0 bridgehead atoms. The Kier molecular flexibility index (Phi) is 5.20. The number of hydrogen-bond donors (Lipinski definition) is 1. The van der Waals surface area contributed by atoms with E-state index in [1.807, 2.05) is 48.5 Å². The van der Waals surface area contributed by atoms with E-state index in [1.165, 1.54) is 12.0 Å². The largest absolute Gasteiger partial charge is 0.496 e. The molecule has 1 aliphatic heterocycles. The number of carbonyl (C=O) groups is 2. The van der Waals surface area contributed by atoms with Crippen molar-refractivity contribution in [2.45, 2.75) is 18.5 Å². The van der Waals surface area contributed by atoms with Gasteiger partial charge in [-0.25, -0.2) is 4.79 Å². The molecule has 0 saturated heterocycles. The molecule has 2 heterocycles. The Morgan fingerprint density at radius 1 is 1.14 bits per heavy atom. The highest BCUT2D eigenvalue weighted by molar-refractivity contribution is 6.27. The molecule has 0 spiro atoms. The highest BCUT2D eigenvalue weighted by Gasteiger charge is 2.44. The SMILES string of the molecule is COC(=O)[C@@H]1Cc2c([nH]c3ccccc23)C(c2ccccc2OC)N1C(=O)CCl. The zero-order chi connectivity index (χ0) is 20.5. The van der Waals surface area contributed by atoms with Crippen molar-refractivity contribution < 1.29 is 19.1 Å². The number of esters is 1. The summed E-state index contributed by atoms with van der Waals surface area (Å²) in [5, 5.41) is 1.02. The topological polar surface area (TPSA) is 71.6 Å². The van der Waals surface area contributed by atoms with Gasteiger partial charge in [-0.1, -0.05) is 36.4 Å². The number of rotatable bonds is 4. The van der Waals surface area contributed by atoms with Crippen molar-refractivity contribution in [3.05, 3.63) is 65.4 Å². The number of H-pyrrole nitrogens is 1. The third kappa shape index (κ3) is 3.13. The van der Waals surface area contributed by atoms with Crippen molar-refractivity contribution in [3.8, 4) is 5.75 Å². The molecular formula is C22H21ClN2O4. The van der Waals surface area contributed by atoms with Gasteiger partial charge in [0.25, 0.3) is 0 Å². The van der Waals surface area contributed by atoms with Crippen LogP contribution in [-0.4, -0.2) is 47.9 Å². The monoisotopic (exact) mass is 412 g/mol. The summed E-state index contributed by atoms with van der Waals surface area (Å²) in [6.45, 7) is 0. The molecule has 1 aromatic heterocycles. The number of amides is 1. The van der Waals surface area contributed by atoms with E-state index in [0.29, 0.717) is 12.2 Å². The molecule has 29 heavy (non-hydrogen) atoms. The maximum atomic E-state index is 12.9. The van der Waals surface area contributed by atoms with Crippen LogP contribution in [0.1, 0.15) is 22.9 Å². The summed E-state index contributed by atoms with van der Waals surface area (Å²) in [5.41, 5.74) is 3.57. The van der Waals surface area contributed by atoms with Crippen molar-refractivity contribution >= 4 is 34.4 Å². The van der Waals surface area contributed by atoms with Crippen LogP contribution in [0.3, 0.4) is 0 Å². The lowest BCUT2D eigenvalue weighted by atomic mass is 9.87. The van der Waals surface area contributed by atoms with E-state index < -0.39 is 18.1 Å². The third-order valence-electron chi connectivity index (χ3n) is 5.44. The van der Waals surface area contributed by atoms with E-state index >= 15 is 0 Å². The van der Waals surface area contributed by atoms with Crippen molar-refractivity contribution in [2.24, 2.45) is 0 Å². The Bertz CT molecular complexity index is 1080. The average molecular weight is 413 g/mol. The molecule has 2 atom stereocenters. The number of benzene rings is 2. The van der Waals surface area contributed by atoms with Gasteiger partial charge < -0.3 is 19.4 Å². The lowest BCUT2D eigenvalue weighted by Gasteiger charge is -2.41. The molecule has 4 rings (SSSR count). The fourth-order valence-electron chi connectivity index (χ4n) is 4.20. The Morgan fingerprint density at radius 2 is 1.86 bits per heavy atom. The number of hydrogen-bond acceptors (Lipinski definition) is 4. The maximum absolute atomic E-state index is 12.9. The number of alkyl halides is 1. The highest BCUT2D eigenvalue weighted by atomic mass is 35.5. The van der Waals surface area contributed by atoms with Gasteiger partial charge in [-0.2, -0.15) is 0 Å². The summed E-state index contributed by atoms with van der Waals surface area (Å²) in [7, 11) is 2.91. The van der Waals surface area contributed by atoms with Crippen LogP contribution in [0.2, 0.25) is 0 Å². The van der Waals surface area contributed by atoms with Crippen molar-refractivity contribution in [2.75, 3.05) is 20.1 Å². The minimum Gasteiger partial charge on any atom is -0.496 e. The minimum atomic E-state index is -0.784. The summed E-state index contributed by atoms with van der Waals surface area (Å²) in [5.74, 6) is -0.434. The molecule has 1 aliphatic rings. The lowest BCUT2D eigenvalue weighted by molar-refractivity contribution is -0.154. The van der Waals surface area contributed by atoms with Gasteiger partial charge in [0.15, 0.2) is 0 Å². The van der Waals surface area contributed by atoms with Gasteiger partial charge in [0, 0.05) is 28.6 Å². The first-order valence-electron chi connectivity index (χ1n) is 9.28. The number of aromatic nitrogens is 1. The molecule has 6 nitrogen and oxygen atoms in total. The van der Waals surface area contributed by atoms with E-state index in [9.17, 15) is 9.59 Å². The Balaban J connectivity index is 2.02. The second kappa shape index (κ2) is 7.79. The Morgan fingerprint density at radius 3 is 2.59 bits per heavy atom. The first-order chi connectivity index (χ1) is 14.1. The second-order valence-corrected chi connectivity index (χ2v) is 7.15. The average Bonchev–Trinajstić information content (AvgIpc) is 3.15. The Labute approximate surface area is 173 Å². The fraction of sp³-hybridized carbons (Fsp3) is 0.273. The van der Waals surface area contributed by atoms with Crippen LogP contribution in [0.25, 0.3) is 10.9 Å². The summed E-state index contributed by atoms with van der Waals surface area (Å²) in [4.78, 5) is 30.6. The van der Waals surface area contributed by atoms with Crippen LogP contribution in [0, 0.1) is 0 Å². The number of nitrogens with zero attached hydrogens (tertiary/aromatic N) is 1. The van der Waals surface area contributed by atoms with Crippen LogP contribution < -0.4 is 4.74 Å². The maximum Gasteiger partial charge on any atom is 0.328 e. The molecule has 0 fully saturated rings. The first kappa shape index (κ1) is 19.3. The summed E-state index contributed by atoms with van der Waals surface area (Å²) in [6, 6.07) is 14.0. The molecule has 7 heteroatoms. The number of halogens is 1. The molecule has 2 aromatic carbocycles. The van der Waals surface area contributed by atoms with Crippen molar-refractivity contribution in [1.82, 2.24) is 9.88 Å². The number of ether oxygens (including phenoxy) is 2. The van der Waals surface area contributed by atoms with Gasteiger partial charge in [-0.05, 0) is 17.7 Å². The summed E-state index contributed by atoms with van der Waals surface area (Å²) in [6.07, 6.45) is 0.348. The van der Waals surface area contributed by atoms with Crippen LogP contribution in [0.5, 0.6) is 5.75 Å². The molecule has 150 valence electrons. The molecular weight excluding hydrogens is 392 g/mol. The zero-order valence-electron chi connectivity index (χ0n) is 16.1. The van der Waals surface area contributed by atoms with Gasteiger partial charge in [-0.3, -0.25) is 4.79 Å². The number of fused-ring (bicyclic) bond motifs is 3. The molecule has 0 radical (unpaired) electrons. The first-order valence-corrected chi connectivity index (χ1v) is 9.81. The number of carbonyl (C=O) groups excluding carboxylic acids is 2. The summed E-state index contributed by atoms with van der Waals surface area (Å²) < 4.78 is 10.6. The van der Waals surface area contributed by atoms with Gasteiger partial charge in [0.2, 0.25) is 5.91 Å². The van der Waals surface area contributed by atoms with E-state index in [0.717, 1.165) is 27.7 Å². The number of para-hydroxylation sites is 2. The van der Waals surface area contributed by atoms with Crippen LogP contribution >= 0.6 is 11.6 Å². The number of aromatic amines is 1. The standard InChI is InChI=1S/C22H21ClN2O4/c1-28-18-10-6-4-8-14(18)21-20-15(13-7-3-5-9-16(13)24-20)11-17(22(27)29-2)25(21)19(26)12-23/h3-10,17,21,24H,11-12H2,1-2H3/t17-,21?/m0/s1. The molecule has 1 unspecified atom stereocenters. The fourth-order valence-corrected chi connectivity index (χ4v) is 4.34. The highest BCUT2D eigenvalue weighted by Crippen LogP contribution is 2.43. The van der Waals surface area contributed by atoms with Crippen LogP contribution in [0.15, 0.2) is 48.5 Å². The molecule has 0 saturated carbocycles. The number of methoxy groups -OCH3 is 2. The van der Waals surface area contributed by atoms with Crippen molar-refractivity contribution in [3.63, 3.8) is 0 Å². The second-order valence-electron chi connectivity index (χ2n) is 6.89. The Hall–Kier alpha value is -2.99. The van der Waals surface area contributed by atoms with E-state index in [1.54, 1.807) is 7.11 Å². The van der Waals surface area contributed by atoms with Crippen molar-refractivity contribution in [1.29, 1.82) is 0 Å². The van der Waals surface area contributed by atoms with E-state index in [2.05, 4.69) is 4.98 Å². The molecule has 3 aromatic rings. The number of nitrogens with one attached hydrogen (secondary N) is 1. The summed E-state index contributed by atoms with van der Waals surface area (Å²) >= 11 is 5.95. The predicted molar refractivity (Wildman–Crippen MR) is 110 cm³/mol. The van der Waals surface area contributed by atoms with Gasteiger partial charge in [-0.15, -0.1) is 11.6 Å². The minimum absolute atomic E-state index is 0.241. The van der Waals surface area contributed by atoms with Gasteiger partial charge >= 0.3 is 5.97 Å². The molecule has 1 N–H and O–H groups in total. The van der Waals surface area contributed by atoms with Crippen LogP contribution in [0.4, 0.5) is 0 Å². The smallest absolute Gasteiger partial charge is 0.328 e. The predicted octanol–water partition coefficient (Wildman–Crippen LogP) is 3.43. The third-order valence-corrected chi connectivity index (χ3v) is 5.67. The van der Waals surface area contributed by atoms with E-state index in [-0.39, 0.29) is 11.8 Å². The lowest BCUT2D eigenvalue weighted by Crippen LogP contribution is -2.52. The van der Waals surface area contributed by atoms with Gasteiger partial charge in [0.1, 0.15) is 23.7 Å². The normalized spacial score (nSPS) is 18.4. The molecule has 0 aliphatic carbocycles. The zero-order valence-corrected chi connectivity index (χ0v) is 16.9. The van der Waals surface area contributed by atoms with Gasteiger partial charge in [0.05, 0.1) is 14.2 Å². The van der Waals surface area contributed by atoms with E-state index in [4.69, 9.17) is 21.1 Å².